The van der Waals surface area contributed by atoms with Crippen LogP contribution in [0, 0.1) is 22.0 Å². The minimum absolute atomic E-state index is 0.116. The first kappa shape index (κ1) is 22.9. The number of halogens is 1. The minimum Gasteiger partial charge on any atom is -0.272 e. The highest BCUT2D eigenvalue weighted by atomic mass is 35.5. The Morgan fingerprint density at radius 2 is 1.77 bits per heavy atom. The van der Waals surface area contributed by atoms with Gasteiger partial charge < -0.3 is 0 Å². The zero-order chi connectivity index (χ0) is 22.3. The van der Waals surface area contributed by atoms with Gasteiger partial charge in [0.1, 0.15) is 9.90 Å². The summed E-state index contributed by atoms with van der Waals surface area (Å²) in [5, 5.41) is 11.6. The Balaban J connectivity index is 1.97. The van der Waals surface area contributed by atoms with Crippen molar-refractivity contribution in [2.24, 2.45) is 11.8 Å². The number of piperidine rings is 1. The third kappa shape index (κ3) is 4.78. The first-order chi connectivity index (χ1) is 13.9. The molecule has 2 aromatic rings. The van der Waals surface area contributed by atoms with Crippen molar-refractivity contribution in [3.05, 3.63) is 44.8 Å². The number of nitrogens with one attached hydrogen (secondary N) is 1. The molecule has 0 saturated carbocycles. The number of rotatable bonds is 6. The highest BCUT2D eigenvalue weighted by Gasteiger charge is 2.33. The maximum Gasteiger partial charge on any atom is 0.294 e. The fraction of sp³-hybridized carbons (Fsp3) is 0.412. The predicted octanol–water partition coefficient (Wildman–Crippen LogP) is 3.78. The molecule has 1 N–H and O–H groups in total. The first-order valence-electron chi connectivity index (χ1n) is 8.97. The summed E-state index contributed by atoms with van der Waals surface area (Å²) in [4.78, 5) is 10.5. The van der Waals surface area contributed by atoms with Crippen LogP contribution in [0.5, 0.6) is 0 Å². The van der Waals surface area contributed by atoms with Crippen molar-refractivity contribution in [2.75, 3.05) is 17.8 Å². The van der Waals surface area contributed by atoms with E-state index >= 15 is 0 Å². The Hall–Kier alpha value is -1.73. The van der Waals surface area contributed by atoms with Crippen molar-refractivity contribution in [1.82, 2.24) is 4.31 Å². The highest BCUT2D eigenvalue weighted by molar-refractivity contribution is 7.94. The van der Waals surface area contributed by atoms with Gasteiger partial charge in [-0.05, 0) is 42.5 Å². The van der Waals surface area contributed by atoms with Crippen molar-refractivity contribution in [1.29, 1.82) is 0 Å². The highest BCUT2D eigenvalue weighted by Crippen LogP contribution is 2.34. The van der Waals surface area contributed by atoms with Gasteiger partial charge >= 0.3 is 0 Å². The number of nitrogens with zero attached hydrogens (tertiary/aromatic N) is 2. The maximum absolute atomic E-state index is 13.0. The summed E-state index contributed by atoms with van der Waals surface area (Å²) in [6.07, 6.45) is 0.902. The van der Waals surface area contributed by atoms with Crippen LogP contribution in [0.1, 0.15) is 20.3 Å². The van der Waals surface area contributed by atoms with Gasteiger partial charge in [0.2, 0.25) is 10.0 Å². The Kier molecular flexibility index (Phi) is 6.44. The fourth-order valence-electron chi connectivity index (χ4n) is 3.50. The van der Waals surface area contributed by atoms with Crippen LogP contribution < -0.4 is 4.72 Å². The molecule has 164 valence electrons. The zero-order valence-electron chi connectivity index (χ0n) is 16.1. The van der Waals surface area contributed by atoms with E-state index in [9.17, 15) is 26.9 Å². The minimum atomic E-state index is -4.11. The van der Waals surface area contributed by atoms with Gasteiger partial charge in [0, 0.05) is 19.2 Å². The Morgan fingerprint density at radius 3 is 2.30 bits per heavy atom. The molecule has 0 bridgehead atoms. The summed E-state index contributed by atoms with van der Waals surface area (Å²) in [6, 6.07) is 5.82. The number of anilines is 1. The summed E-state index contributed by atoms with van der Waals surface area (Å²) in [5.74, 6) is 0.337. The number of benzene rings is 1. The zero-order valence-corrected chi connectivity index (χ0v) is 19.3. The second-order valence-electron chi connectivity index (χ2n) is 7.37. The van der Waals surface area contributed by atoms with E-state index in [1.165, 1.54) is 22.5 Å². The van der Waals surface area contributed by atoms with Gasteiger partial charge in [-0.1, -0.05) is 25.4 Å². The molecule has 1 aliphatic rings. The molecule has 3 rings (SSSR count). The lowest BCUT2D eigenvalue weighted by Gasteiger charge is -2.34. The maximum atomic E-state index is 13.0. The van der Waals surface area contributed by atoms with E-state index in [1.807, 2.05) is 13.8 Å². The van der Waals surface area contributed by atoms with Gasteiger partial charge in [-0.15, -0.1) is 11.3 Å². The predicted molar refractivity (Wildman–Crippen MR) is 115 cm³/mol. The molecule has 1 aliphatic heterocycles. The standard InChI is InChI=1S/C17H20ClN3O6S3/c1-11-7-12(2)10-20(9-11)30(26,27)13-3-4-14(15(8-13)21(22)23)19-29(24,25)17-6-5-16(18)28-17/h3-6,8,11-12,19H,7,9-10H2,1-2H3/t11-,12-/m1/s1. The molecule has 1 aromatic carbocycles. The van der Waals surface area contributed by atoms with Gasteiger partial charge in [-0.3, -0.25) is 14.8 Å². The first-order valence-corrected chi connectivity index (χ1v) is 13.1. The van der Waals surface area contributed by atoms with Crippen LogP contribution in [0.2, 0.25) is 4.34 Å². The molecule has 30 heavy (non-hydrogen) atoms. The monoisotopic (exact) mass is 493 g/mol. The van der Waals surface area contributed by atoms with Crippen molar-refractivity contribution >= 4 is 54.4 Å². The molecule has 0 unspecified atom stereocenters. The molecule has 2 atom stereocenters. The van der Waals surface area contributed by atoms with Gasteiger partial charge in [-0.2, -0.15) is 4.31 Å². The lowest BCUT2D eigenvalue weighted by Crippen LogP contribution is -2.42. The summed E-state index contributed by atoms with van der Waals surface area (Å²) >= 11 is 6.56. The van der Waals surface area contributed by atoms with Crippen molar-refractivity contribution < 1.29 is 21.8 Å². The number of nitro groups is 1. The van der Waals surface area contributed by atoms with E-state index in [-0.39, 0.29) is 31.0 Å². The third-order valence-electron chi connectivity index (χ3n) is 4.70. The molecule has 0 amide bonds. The lowest BCUT2D eigenvalue weighted by atomic mass is 9.94. The fourth-order valence-corrected chi connectivity index (χ4v) is 7.75. The van der Waals surface area contributed by atoms with E-state index in [1.54, 1.807) is 0 Å². The van der Waals surface area contributed by atoms with Crippen molar-refractivity contribution in [2.45, 2.75) is 29.4 Å². The summed E-state index contributed by atoms with van der Waals surface area (Å²) in [6.45, 7) is 4.56. The van der Waals surface area contributed by atoms with E-state index in [4.69, 9.17) is 11.6 Å². The quantitative estimate of drug-likeness (QED) is 0.482. The van der Waals surface area contributed by atoms with Crippen LogP contribution in [0.25, 0.3) is 0 Å². The van der Waals surface area contributed by atoms with E-state index in [0.717, 1.165) is 29.9 Å². The molecule has 0 aliphatic carbocycles. The van der Waals surface area contributed by atoms with Crippen LogP contribution in [0.15, 0.2) is 39.4 Å². The number of hydrogen-bond donors (Lipinski definition) is 1. The van der Waals surface area contributed by atoms with Crippen molar-refractivity contribution in [3.63, 3.8) is 0 Å². The average molecular weight is 494 g/mol. The van der Waals surface area contributed by atoms with Crippen molar-refractivity contribution in [3.8, 4) is 0 Å². The van der Waals surface area contributed by atoms with E-state index in [2.05, 4.69) is 4.72 Å². The molecular weight excluding hydrogens is 474 g/mol. The summed E-state index contributed by atoms with van der Waals surface area (Å²) in [7, 11) is -8.07. The molecule has 1 aromatic heterocycles. The molecule has 0 spiro atoms. The van der Waals surface area contributed by atoms with Crippen LogP contribution in [-0.4, -0.2) is 39.2 Å². The van der Waals surface area contributed by atoms with E-state index in [0.29, 0.717) is 13.1 Å². The number of sulfonamides is 2. The SMILES string of the molecule is C[C@@H]1C[C@@H](C)CN(S(=O)(=O)c2ccc(NS(=O)(=O)c3ccc(Cl)s3)c([N+](=O)[O-])c2)C1. The van der Waals surface area contributed by atoms with Crippen LogP contribution in [0.4, 0.5) is 11.4 Å². The Labute approximate surface area is 183 Å². The van der Waals surface area contributed by atoms with Gasteiger partial charge in [-0.25, -0.2) is 16.8 Å². The van der Waals surface area contributed by atoms with Crippen LogP contribution in [-0.2, 0) is 20.0 Å². The molecule has 1 saturated heterocycles. The molecule has 2 heterocycles. The summed E-state index contributed by atoms with van der Waals surface area (Å²) in [5.41, 5.74) is -0.982. The van der Waals surface area contributed by atoms with Gasteiger partial charge in [0.05, 0.1) is 14.2 Å². The number of nitro benzene ring substituents is 1. The molecule has 1 fully saturated rings. The lowest BCUT2D eigenvalue weighted by molar-refractivity contribution is -0.384. The molecule has 9 nitrogen and oxygen atoms in total. The topological polar surface area (TPSA) is 127 Å². The smallest absolute Gasteiger partial charge is 0.272 e. The normalized spacial score (nSPS) is 20.8. The second-order valence-corrected chi connectivity index (χ2v) is 12.9. The third-order valence-corrected chi connectivity index (χ3v) is 9.61. The molecular formula is C17H20ClN3O6S3. The van der Waals surface area contributed by atoms with Crippen LogP contribution >= 0.6 is 22.9 Å². The molecule has 0 radical (unpaired) electrons. The second kappa shape index (κ2) is 8.42. The summed E-state index contributed by atoms with van der Waals surface area (Å²) < 4.78 is 54.6. The van der Waals surface area contributed by atoms with Gasteiger partial charge in [0.25, 0.3) is 15.7 Å². The number of thiophene rings is 1. The average Bonchev–Trinajstić information content (AvgIpc) is 3.08. The Morgan fingerprint density at radius 1 is 1.13 bits per heavy atom. The molecule has 13 heteroatoms. The van der Waals surface area contributed by atoms with E-state index < -0.39 is 30.7 Å². The number of hydrogen-bond acceptors (Lipinski definition) is 7. The van der Waals surface area contributed by atoms with Crippen LogP contribution in [0.3, 0.4) is 0 Å². The van der Waals surface area contributed by atoms with Gasteiger partial charge in [0.15, 0.2) is 0 Å². The largest absolute Gasteiger partial charge is 0.294 e. The Bertz CT molecular complexity index is 1170.